The van der Waals surface area contributed by atoms with E-state index < -0.39 is 0 Å². The first-order valence-electron chi connectivity index (χ1n) is 7.50. The molecule has 1 aliphatic rings. The summed E-state index contributed by atoms with van der Waals surface area (Å²) >= 11 is 0. The Bertz CT molecular complexity index is 225. The Kier molecular flexibility index (Phi) is 6.61. The van der Waals surface area contributed by atoms with E-state index in [0.717, 1.165) is 32.7 Å². The Morgan fingerprint density at radius 2 is 2.11 bits per heavy atom. The van der Waals surface area contributed by atoms with Gasteiger partial charge in [-0.3, -0.25) is 4.90 Å². The smallest absolute Gasteiger partial charge is 0.0673 e. The van der Waals surface area contributed by atoms with Crippen molar-refractivity contribution < 1.29 is 4.74 Å². The fourth-order valence-electron chi connectivity index (χ4n) is 2.47. The number of nitrogens with one attached hydrogen (secondary N) is 1. The van der Waals surface area contributed by atoms with Crippen LogP contribution < -0.4 is 5.32 Å². The Labute approximate surface area is 113 Å². The predicted octanol–water partition coefficient (Wildman–Crippen LogP) is 2.51. The van der Waals surface area contributed by atoms with Crippen molar-refractivity contribution in [1.82, 2.24) is 10.2 Å². The van der Waals surface area contributed by atoms with Crippen LogP contribution in [0.25, 0.3) is 0 Å². The monoisotopic (exact) mass is 256 g/mol. The number of hydrogen-bond acceptors (Lipinski definition) is 3. The van der Waals surface area contributed by atoms with Crippen LogP contribution in [0.5, 0.6) is 0 Å². The van der Waals surface area contributed by atoms with Crippen LogP contribution in [0, 0.1) is 5.41 Å². The molecule has 3 heteroatoms. The third-order valence-electron chi connectivity index (χ3n) is 3.66. The third kappa shape index (κ3) is 5.68. The van der Waals surface area contributed by atoms with Crippen molar-refractivity contribution in [2.24, 2.45) is 5.41 Å². The molecule has 1 saturated heterocycles. The molecule has 0 aromatic heterocycles. The van der Waals surface area contributed by atoms with Crippen LogP contribution in [-0.4, -0.2) is 49.8 Å². The van der Waals surface area contributed by atoms with Crippen molar-refractivity contribution in [3.8, 4) is 0 Å². The number of ether oxygens (including phenoxy) is 1. The lowest BCUT2D eigenvalue weighted by Crippen LogP contribution is -2.49. The molecule has 0 radical (unpaired) electrons. The summed E-state index contributed by atoms with van der Waals surface area (Å²) in [6, 6.07) is 0.558. The zero-order valence-electron chi connectivity index (χ0n) is 13.0. The minimum atomic E-state index is 0.311. The fourth-order valence-corrected chi connectivity index (χ4v) is 2.47. The van der Waals surface area contributed by atoms with Crippen molar-refractivity contribution in [1.29, 1.82) is 0 Å². The van der Waals surface area contributed by atoms with Gasteiger partial charge >= 0.3 is 0 Å². The van der Waals surface area contributed by atoms with Crippen molar-refractivity contribution in [3.05, 3.63) is 0 Å². The van der Waals surface area contributed by atoms with Gasteiger partial charge in [-0.05, 0) is 31.7 Å². The van der Waals surface area contributed by atoms with Crippen molar-refractivity contribution in [3.63, 3.8) is 0 Å². The number of nitrogens with zero attached hydrogens (tertiary/aromatic N) is 1. The Balaban J connectivity index is 2.52. The van der Waals surface area contributed by atoms with Crippen LogP contribution in [0.1, 0.15) is 47.5 Å². The van der Waals surface area contributed by atoms with Gasteiger partial charge in [-0.25, -0.2) is 0 Å². The van der Waals surface area contributed by atoms with Crippen LogP contribution in [-0.2, 0) is 4.74 Å². The highest BCUT2D eigenvalue weighted by molar-refractivity contribution is 4.84. The lowest BCUT2D eigenvalue weighted by molar-refractivity contribution is 0.0634. The van der Waals surface area contributed by atoms with Gasteiger partial charge in [0.05, 0.1) is 6.10 Å². The quantitative estimate of drug-likeness (QED) is 0.818. The number of hydrogen-bond donors (Lipinski definition) is 1. The molecule has 2 unspecified atom stereocenters. The molecular formula is C15H32N2O. The Morgan fingerprint density at radius 1 is 1.39 bits per heavy atom. The molecule has 1 rings (SSSR count). The molecular weight excluding hydrogens is 224 g/mol. The average molecular weight is 256 g/mol. The zero-order chi connectivity index (χ0) is 13.6. The lowest BCUT2D eigenvalue weighted by atomic mass is 9.86. The molecule has 108 valence electrons. The van der Waals surface area contributed by atoms with E-state index in [9.17, 15) is 0 Å². The van der Waals surface area contributed by atoms with Gasteiger partial charge in [0.1, 0.15) is 0 Å². The van der Waals surface area contributed by atoms with Crippen LogP contribution in [0.4, 0.5) is 0 Å². The van der Waals surface area contributed by atoms with E-state index in [0.29, 0.717) is 17.6 Å². The van der Waals surface area contributed by atoms with Gasteiger partial charge in [0.25, 0.3) is 0 Å². The second kappa shape index (κ2) is 7.46. The van der Waals surface area contributed by atoms with Crippen molar-refractivity contribution >= 4 is 0 Å². The molecule has 18 heavy (non-hydrogen) atoms. The van der Waals surface area contributed by atoms with Gasteiger partial charge in [0.15, 0.2) is 0 Å². The molecule has 0 spiro atoms. The summed E-state index contributed by atoms with van der Waals surface area (Å²) in [6.45, 7) is 16.8. The molecule has 0 aromatic carbocycles. The zero-order valence-corrected chi connectivity index (χ0v) is 13.0. The number of rotatable bonds is 5. The maximum Gasteiger partial charge on any atom is 0.0673 e. The summed E-state index contributed by atoms with van der Waals surface area (Å²) in [5.74, 6) is 0. The normalized spacial score (nSPS) is 24.8. The van der Waals surface area contributed by atoms with Crippen LogP contribution in [0.3, 0.4) is 0 Å². The van der Waals surface area contributed by atoms with Gasteiger partial charge in [-0.2, -0.15) is 0 Å². The first-order chi connectivity index (χ1) is 8.43. The lowest BCUT2D eigenvalue weighted by Gasteiger charge is -2.36. The first-order valence-corrected chi connectivity index (χ1v) is 7.50. The topological polar surface area (TPSA) is 24.5 Å². The largest absolute Gasteiger partial charge is 0.377 e. The third-order valence-corrected chi connectivity index (χ3v) is 3.66. The maximum atomic E-state index is 5.72. The Morgan fingerprint density at radius 3 is 2.72 bits per heavy atom. The highest BCUT2D eigenvalue weighted by Gasteiger charge is 2.27. The maximum absolute atomic E-state index is 5.72. The van der Waals surface area contributed by atoms with Crippen molar-refractivity contribution in [2.45, 2.75) is 59.6 Å². The molecule has 1 fully saturated rings. The molecule has 1 aliphatic heterocycles. The summed E-state index contributed by atoms with van der Waals surface area (Å²) < 4.78 is 5.72. The van der Waals surface area contributed by atoms with Gasteiger partial charge in [0.2, 0.25) is 0 Å². The Hall–Kier alpha value is -0.120. The van der Waals surface area contributed by atoms with Gasteiger partial charge in [-0.15, -0.1) is 0 Å². The molecule has 1 heterocycles. The van der Waals surface area contributed by atoms with Gasteiger partial charge in [0, 0.05) is 32.3 Å². The van der Waals surface area contributed by atoms with E-state index in [1.807, 2.05) is 0 Å². The van der Waals surface area contributed by atoms with Crippen LogP contribution >= 0.6 is 0 Å². The second-order valence-electron chi connectivity index (χ2n) is 6.67. The summed E-state index contributed by atoms with van der Waals surface area (Å²) in [7, 11) is 0. The van der Waals surface area contributed by atoms with Crippen LogP contribution in [0.2, 0.25) is 0 Å². The second-order valence-corrected chi connectivity index (χ2v) is 6.67. The summed E-state index contributed by atoms with van der Waals surface area (Å²) in [5, 5.41) is 3.71. The highest BCUT2D eigenvalue weighted by atomic mass is 16.5. The molecule has 3 nitrogen and oxygen atoms in total. The standard InChI is InChI=1S/C15H32N2O/c1-6-8-16-14(15(3,4)5)12-17-9-7-10-18-13(2)11-17/h13-14,16H,6-12H2,1-5H3. The first kappa shape index (κ1) is 15.9. The molecule has 2 atom stereocenters. The van der Waals surface area contributed by atoms with E-state index in [-0.39, 0.29) is 0 Å². The minimum Gasteiger partial charge on any atom is -0.377 e. The molecule has 0 aromatic rings. The summed E-state index contributed by atoms with van der Waals surface area (Å²) in [4.78, 5) is 2.57. The van der Waals surface area contributed by atoms with E-state index in [4.69, 9.17) is 4.74 Å². The van der Waals surface area contributed by atoms with Gasteiger partial charge < -0.3 is 10.1 Å². The molecule has 0 aliphatic carbocycles. The fraction of sp³-hybridized carbons (Fsp3) is 1.00. The molecule has 0 bridgehead atoms. The molecule has 1 N–H and O–H groups in total. The highest BCUT2D eigenvalue weighted by Crippen LogP contribution is 2.21. The van der Waals surface area contributed by atoms with Gasteiger partial charge in [-0.1, -0.05) is 27.7 Å². The van der Waals surface area contributed by atoms with E-state index in [2.05, 4.69) is 44.8 Å². The van der Waals surface area contributed by atoms with E-state index >= 15 is 0 Å². The average Bonchev–Trinajstić information content (AvgIpc) is 2.47. The minimum absolute atomic E-state index is 0.311. The van der Waals surface area contributed by atoms with E-state index in [1.165, 1.54) is 13.0 Å². The summed E-state index contributed by atoms with van der Waals surface area (Å²) in [5.41, 5.74) is 0.311. The van der Waals surface area contributed by atoms with Crippen LogP contribution in [0.15, 0.2) is 0 Å². The summed E-state index contributed by atoms with van der Waals surface area (Å²) in [6.07, 6.45) is 2.74. The van der Waals surface area contributed by atoms with Crippen molar-refractivity contribution in [2.75, 3.05) is 32.8 Å². The SMILES string of the molecule is CCCNC(CN1CCCOC(C)C1)C(C)(C)C. The molecule has 0 saturated carbocycles. The predicted molar refractivity (Wildman–Crippen MR) is 78.0 cm³/mol. The van der Waals surface area contributed by atoms with E-state index in [1.54, 1.807) is 0 Å². The molecule has 0 amide bonds.